The van der Waals surface area contributed by atoms with Crippen molar-refractivity contribution in [2.24, 2.45) is 0 Å². The number of nitrogens with one attached hydrogen (secondary N) is 1. The van der Waals surface area contributed by atoms with E-state index < -0.39 is 0 Å². The van der Waals surface area contributed by atoms with Crippen LogP contribution in [-0.4, -0.2) is 39.3 Å². The van der Waals surface area contributed by atoms with Gasteiger partial charge in [-0.1, -0.05) is 19.9 Å². The summed E-state index contributed by atoms with van der Waals surface area (Å²) in [6.45, 7) is 7.69. The summed E-state index contributed by atoms with van der Waals surface area (Å²) in [5.41, 5.74) is 1.93. The van der Waals surface area contributed by atoms with Gasteiger partial charge in [-0.15, -0.1) is 0 Å². The van der Waals surface area contributed by atoms with Crippen molar-refractivity contribution in [3.8, 4) is 23.0 Å². The highest BCUT2D eigenvalue weighted by Gasteiger charge is 2.22. The molecule has 1 aromatic carbocycles. The second kappa shape index (κ2) is 8.90. The van der Waals surface area contributed by atoms with Crippen LogP contribution in [0.15, 0.2) is 24.5 Å². The Morgan fingerprint density at radius 2 is 1.97 bits per heavy atom. The molecule has 4 rings (SSSR count). The number of ether oxygens (including phenoxy) is 2. The number of methoxy groups -OCH3 is 1. The smallest absolute Gasteiger partial charge is 0.166 e. The quantitative estimate of drug-likeness (QED) is 0.581. The molecule has 0 spiro atoms. The maximum absolute atomic E-state index is 6.26. The molecule has 1 N–H and O–H groups in total. The number of fused-ring (bicyclic) bond motifs is 1. The SMILES string of the molecule is CCNc1ncn(Cc2ccc(OC)c(OC3CCCC3)c2)c2nc(C(C)C)nc1-2. The van der Waals surface area contributed by atoms with Gasteiger partial charge in [0.1, 0.15) is 5.82 Å². The van der Waals surface area contributed by atoms with Crippen molar-refractivity contribution in [2.45, 2.75) is 65.0 Å². The predicted octanol–water partition coefficient (Wildman–Crippen LogP) is 4.71. The van der Waals surface area contributed by atoms with Gasteiger partial charge in [0.15, 0.2) is 28.8 Å². The molecule has 0 unspecified atom stereocenters. The lowest BCUT2D eigenvalue weighted by atomic mass is 10.2. The van der Waals surface area contributed by atoms with Crippen molar-refractivity contribution in [1.82, 2.24) is 19.5 Å². The number of rotatable bonds is 8. The molecule has 2 aliphatic heterocycles. The van der Waals surface area contributed by atoms with Gasteiger partial charge in [-0.25, -0.2) is 15.0 Å². The lowest BCUT2D eigenvalue weighted by Crippen LogP contribution is -2.13. The third kappa shape index (κ3) is 4.20. The number of aromatic nitrogens is 4. The van der Waals surface area contributed by atoms with Crippen LogP contribution in [0.25, 0.3) is 11.5 Å². The van der Waals surface area contributed by atoms with Crippen molar-refractivity contribution in [1.29, 1.82) is 0 Å². The Labute approximate surface area is 178 Å². The molecule has 1 saturated carbocycles. The van der Waals surface area contributed by atoms with Crippen molar-refractivity contribution in [2.75, 3.05) is 19.0 Å². The topological polar surface area (TPSA) is 74.1 Å². The average Bonchev–Trinajstić information content (AvgIpc) is 3.40. The monoisotopic (exact) mass is 409 g/mol. The highest BCUT2D eigenvalue weighted by molar-refractivity contribution is 5.67. The molecular formula is C23H31N5O2. The summed E-state index contributed by atoms with van der Waals surface area (Å²) < 4.78 is 13.8. The Morgan fingerprint density at radius 1 is 1.17 bits per heavy atom. The fraction of sp³-hybridized carbons (Fsp3) is 0.522. The number of benzene rings is 1. The molecule has 0 bridgehead atoms. The van der Waals surface area contributed by atoms with Crippen molar-refractivity contribution < 1.29 is 9.47 Å². The first-order chi connectivity index (χ1) is 14.6. The minimum absolute atomic E-state index is 0.257. The van der Waals surface area contributed by atoms with E-state index >= 15 is 0 Å². The number of imidazole rings is 1. The van der Waals surface area contributed by atoms with E-state index in [1.54, 1.807) is 7.11 Å². The average molecular weight is 410 g/mol. The number of hydrogen-bond acceptors (Lipinski definition) is 6. The Kier molecular flexibility index (Phi) is 6.06. The highest BCUT2D eigenvalue weighted by atomic mass is 16.5. The Bertz CT molecular complexity index is 962. The molecule has 30 heavy (non-hydrogen) atoms. The van der Waals surface area contributed by atoms with Gasteiger partial charge >= 0.3 is 0 Å². The lowest BCUT2D eigenvalue weighted by Gasteiger charge is -2.18. The fourth-order valence-electron chi connectivity index (χ4n) is 3.92. The molecule has 0 atom stereocenters. The molecule has 1 aromatic rings. The van der Waals surface area contributed by atoms with Crippen molar-refractivity contribution in [3.05, 3.63) is 35.9 Å². The Hall–Kier alpha value is -2.83. The lowest BCUT2D eigenvalue weighted by molar-refractivity contribution is 0.200. The van der Waals surface area contributed by atoms with E-state index in [1.165, 1.54) is 12.8 Å². The van der Waals surface area contributed by atoms with E-state index in [-0.39, 0.29) is 12.0 Å². The van der Waals surface area contributed by atoms with Gasteiger partial charge in [0.05, 0.1) is 26.1 Å². The summed E-state index contributed by atoms with van der Waals surface area (Å²) in [4.78, 5) is 14.1. The van der Waals surface area contributed by atoms with E-state index in [2.05, 4.69) is 47.8 Å². The van der Waals surface area contributed by atoms with Gasteiger partial charge < -0.3 is 19.4 Å². The predicted molar refractivity (Wildman–Crippen MR) is 118 cm³/mol. The van der Waals surface area contributed by atoms with Crippen molar-refractivity contribution in [3.63, 3.8) is 0 Å². The van der Waals surface area contributed by atoms with E-state index in [4.69, 9.17) is 19.4 Å². The zero-order valence-electron chi connectivity index (χ0n) is 18.3. The minimum atomic E-state index is 0.257. The maximum Gasteiger partial charge on any atom is 0.166 e. The largest absolute Gasteiger partial charge is 0.493 e. The van der Waals surface area contributed by atoms with Crippen LogP contribution in [0.5, 0.6) is 11.5 Å². The van der Waals surface area contributed by atoms with Gasteiger partial charge in [0.25, 0.3) is 0 Å². The van der Waals surface area contributed by atoms with Crippen LogP contribution in [0.2, 0.25) is 0 Å². The van der Waals surface area contributed by atoms with Crippen LogP contribution < -0.4 is 14.8 Å². The van der Waals surface area contributed by atoms with Crippen LogP contribution in [0, 0.1) is 0 Å². The van der Waals surface area contributed by atoms with Gasteiger partial charge in [0, 0.05) is 12.5 Å². The van der Waals surface area contributed by atoms with E-state index in [0.717, 1.165) is 59.6 Å². The molecule has 0 saturated heterocycles. The first-order valence-corrected chi connectivity index (χ1v) is 10.9. The maximum atomic E-state index is 6.26. The van der Waals surface area contributed by atoms with Crippen LogP contribution in [-0.2, 0) is 6.54 Å². The number of hydrogen-bond donors (Lipinski definition) is 1. The first-order valence-electron chi connectivity index (χ1n) is 10.9. The second-order valence-electron chi connectivity index (χ2n) is 8.17. The molecule has 1 aliphatic carbocycles. The highest BCUT2D eigenvalue weighted by Crippen LogP contribution is 2.34. The number of nitrogens with zero attached hydrogens (tertiary/aromatic N) is 4. The van der Waals surface area contributed by atoms with Crippen molar-refractivity contribution >= 4 is 5.82 Å². The van der Waals surface area contributed by atoms with Crippen LogP contribution >= 0.6 is 0 Å². The molecule has 0 aromatic heterocycles. The van der Waals surface area contributed by atoms with E-state index in [0.29, 0.717) is 6.54 Å². The van der Waals surface area contributed by atoms with Gasteiger partial charge in [-0.05, 0) is 50.3 Å². The second-order valence-corrected chi connectivity index (χ2v) is 8.17. The van der Waals surface area contributed by atoms with Crippen LogP contribution in [0.4, 0.5) is 5.82 Å². The summed E-state index contributed by atoms with van der Waals surface area (Å²) in [6, 6.07) is 6.12. The Morgan fingerprint density at radius 3 is 2.67 bits per heavy atom. The molecule has 0 radical (unpaired) electrons. The molecular weight excluding hydrogens is 378 g/mol. The van der Waals surface area contributed by atoms with Gasteiger partial charge in [0.2, 0.25) is 0 Å². The molecule has 7 heteroatoms. The Balaban J connectivity index is 1.65. The summed E-state index contributed by atoms with van der Waals surface area (Å²) in [7, 11) is 1.69. The van der Waals surface area contributed by atoms with E-state index in [9.17, 15) is 0 Å². The standard InChI is InChI=1S/C23H31N5O2/c1-5-24-22-20-23(27-21(26-20)15(2)3)28(14-25-22)13-16-10-11-18(29-4)19(12-16)30-17-8-6-7-9-17/h10-12,14-15,17,24H,5-9,13H2,1-4H3. The molecule has 160 valence electrons. The summed E-state index contributed by atoms with van der Waals surface area (Å²) in [5.74, 6) is 4.31. The summed E-state index contributed by atoms with van der Waals surface area (Å²) in [6.07, 6.45) is 6.81. The summed E-state index contributed by atoms with van der Waals surface area (Å²) >= 11 is 0. The van der Waals surface area contributed by atoms with Gasteiger partial charge in [-0.2, -0.15) is 0 Å². The molecule has 1 fully saturated rings. The molecule has 3 aliphatic rings. The molecule has 7 nitrogen and oxygen atoms in total. The third-order valence-electron chi connectivity index (χ3n) is 5.52. The normalized spacial score (nSPS) is 14.6. The zero-order valence-corrected chi connectivity index (χ0v) is 18.3. The van der Waals surface area contributed by atoms with Crippen LogP contribution in [0.3, 0.4) is 0 Å². The molecule has 0 amide bonds. The fourth-order valence-corrected chi connectivity index (χ4v) is 3.92. The molecule has 2 heterocycles. The zero-order chi connectivity index (χ0) is 21.1. The van der Waals surface area contributed by atoms with E-state index in [1.807, 2.05) is 12.4 Å². The number of anilines is 1. The summed E-state index contributed by atoms with van der Waals surface area (Å²) in [5, 5.41) is 3.29. The minimum Gasteiger partial charge on any atom is -0.493 e. The van der Waals surface area contributed by atoms with Gasteiger partial charge in [-0.3, -0.25) is 0 Å². The third-order valence-corrected chi connectivity index (χ3v) is 5.52. The van der Waals surface area contributed by atoms with Crippen LogP contribution in [0.1, 0.15) is 63.8 Å². The first kappa shape index (κ1) is 20.4.